The number of hydrogen-bond acceptors (Lipinski definition) is 4. The third-order valence-electron chi connectivity index (χ3n) is 4.76. The molecule has 4 rings (SSSR count). The molecule has 1 unspecified atom stereocenters. The fraction of sp³-hybridized carbons (Fsp3) is 0.190. The fourth-order valence-electron chi connectivity index (χ4n) is 3.32. The lowest BCUT2D eigenvalue weighted by molar-refractivity contribution is -0.127. The molecule has 142 valence electrons. The number of benzene rings is 2. The third-order valence-corrected chi connectivity index (χ3v) is 4.76. The molecule has 28 heavy (non-hydrogen) atoms. The Labute approximate surface area is 160 Å². The normalized spacial score (nSPS) is 15.7. The van der Waals surface area contributed by atoms with E-state index in [1.807, 2.05) is 0 Å². The number of amides is 2. The van der Waals surface area contributed by atoms with E-state index in [9.17, 15) is 14.0 Å². The summed E-state index contributed by atoms with van der Waals surface area (Å²) in [6.07, 6.45) is -0.813. The zero-order valence-electron chi connectivity index (χ0n) is 15.4. The van der Waals surface area contributed by atoms with Crippen LogP contribution in [0.1, 0.15) is 16.1 Å². The second kappa shape index (κ2) is 6.92. The first-order valence-electron chi connectivity index (χ1n) is 8.84. The molecule has 0 spiro atoms. The zero-order valence-corrected chi connectivity index (χ0v) is 15.4. The van der Waals surface area contributed by atoms with E-state index in [-0.39, 0.29) is 24.2 Å². The van der Waals surface area contributed by atoms with Crippen LogP contribution in [0.25, 0.3) is 10.9 Å². The number of aromatic nitrogens is 1. The molecule has 2 aromatic carbocycles. The van der Waals surface area contributed by atoms with Crippen molar-refractivity contribution in [1.82, 2.24) is 10.3 Å². The van der Waals surface area contributed by atoms with Gasteiger partial charge >= 0.3 is 0 Å². The van der Waals surface area contributed by atoms with Crippen LogP contribution >= 0.6 is 0 Å². The Morgan fingerprint density at radius 1 is 1.21 bits per heavy atom. The predicted molar refractivity (Wildman–Crippen MR) is 103 cm³/mol. The van der Waals surface area contributed by atoms with Crippen molar-refractivity contribution >= 4 is 28.4 Å². The predicted octanol–water partition coefficient (Wildman–Crippen LogP) is 2.84. The van der Waals surface area contributed by atoms with Gasteiger partial charge in [-0.05, 0) is 37.3 Å². The largest absolute Gasteiger partial charge is 0.477 e. The van der Waals surface area contributed by atoms with E-state index in [2.05, 4.69) is 10.3 Å². The number of para-hydroxylation sites is 2. The fourth-order valence-corrected chi connectivity index (χ4v) is 3.32. The summed E-state index contributed by atoms with van der Waals surface area (Å²) < 4.78 is 19.2. The van der Waals surface area contributed by atoms with E-state index in [1.165, 1.54) is 24.1 Å². The van der Waals surface area contributed by atoms with E-state index in [1.54, 1.807) is 43.3 Å². The van der Waals surface area contributed by atoms with Crippen LogP contribution in [0, 0.1) is 12.7 Å². The van der Waals surface area contributed by atoms with Gasteiger partial charge in [-0.25, -0.2) is 4.39 Å². The van der Waals surface area contributed by atoms with Crippen LogP contribution in [-0.4, -0.2) is 36.5 Å². The molecule has 6 nitrogen and oxygen atoms in total. The molecule has 7 heteroatoms. The number of likely N-dealkylation sites (N-methyl/N-ethyl adjacent to an activating group) is 1. The van der Waals surface area contributed by atoms with Gasteiger partial charge in [-0.3, -0.25) is 14.6 Å². The Morgan fingerprint density at radius 2 is 2.00 bits per heavy atom. The number of carbonyl (C=O) groups is 2. The van der Waals surface area contributed by atoms with Crippen molar-refractivity contribution in [2.45, 2.75) is 13.0 Å². The first-order valence-corrected chi connectivity index (χ1v) is 8.84. The molecular weight excluding hydrogens is 361 g/mol. The van der Waals surface area contributed by atoms with Gasteiger partial charge in [-0.15, -0.1) is 0 Å². The molecule has 0 radical (unpaired) electrons. The topological polar surface area (TPSA) is 71.5 Å². The number of fused-ring (bicyclic) bond motifs is 2. The summed E-state index contributed by atoms with van der Waals surface area (Å²) in [6, 6.07) is 13.0. The van der Waals surface area contributed by atoms with Crippen LogP contribution < -0.4 is 15.0 Å². The Kier molecular flexibility index (Phi) is 4.43. The number of rotatable bonds is 2. The highest BCUT2D eigenvalue weighted by molar-refractivity contribution is 6.09. The van der Waals surface area contributed by atoms with Gasteiger partial charge in [0.05, 0.1) is 29.0 Å². The molecule has 0 saturated carbocycles. The Morgan fingerprint density at radius 3 is 2.79 bits per heavy atom. The smallest absolute Gasteiger partial charge is 0.262 e. The summed E-state index contributed by atoms with van der Waals surface area (Å²) in [4.78, 5) is 31.4. The third kappa shape index (κ3) is 3.05. The SMILES string of the molecule is CNC(=O)C1CN(C(=O)c2cc3ccc(F)cc3nc2C)c2ccccc2O1. The summed E-state index contributed by atoms with van der Waals surface area (Å²) in [6.45, 7) is 1.79. The summed E-state index contributed by atoms with van der Waals surface area (Å²) in [5.41, 5.74) is 1.96. The number of ether oxygens (including phenoxy) is 1. The molecule has 1 aliphatic heterocycles. The van der Waals surface area contributed by atoms with Crippen LogP contribution in [0.5, 0.6) is 5.75 Å². The number of anilines is 1. The monoisotopic (exact) mass is 379 g/mol. The van der Waals surface area contributed by atoms with E-state index in [0.29, 0.717) is 33.6 Å². The highest BCUT2D eigenvalue weighted by atomic mass is 19.1. The minimum atomic E-state index is -0.813. The van der Waals surface area contributed by atoms with Crippen molar-refractivity contribution in [2.24, 2.45) is 0 Å². The molecule has 0 bridgehead atoms. The van der Waals surface area contributed by atoms with E-state index in [0.717, 1.165) is 0 Å². The Hall–Kier alpha value is -3.48. The zero-order chi connectivity index (χ0) is 19.8. The van der Waals surface area contributed by atoms with Crippen LogP contribution in [-0.2, 0) is 4.79 Å². The van der Waals surface area contributed by atoms with Crippen LogP contribution in [0.3, 0.4) is 0 Å². The van der Waals surface area contributed by atoms with Gasteiger partial charge in [-0.2, -0.15) is 0 Å². The number of nitrogens with one attached hydrogen (secondary N) is 1. The minimum Gasteiger partial charge on any atom is -0.477 e. The second-order valence-electron chi connectivity index (χ2n) is 6.56. The molecule has 1 aliphatic rings. The van der Waals surface area contributed by atoms with Gasteiger partial charge < -0.3 is 15.0 Å². The molecule has 0 fully saturated rings. The van der Waals surface area contributed by atoms with Crippen molar-refractivity contribution < 1.29 is 18.7 Å². The molecule has 3 aromatic rings. The summed E-state index contributed by atoms with van der Waals surface area (Å²) >= 11 is 0. The number of nitrogens with zero attached hydrogens (tertiary/aromatic N) is 2. The standard InChI is InChI=1S/C21H18FN3O3/c1-12-15(9-13-7-8-14(22)10-16(13)24-12)21(27)25-11-19(20(26)23-2)28-18-6-4-3-5-17(18)25/h3-10,19H,11H2,1-2H3,(H,23,26). The van der Waals surface area contributed by atoms with Crippen molar-refractivity contribution in [3.63, 3.8) is 0 Å². The average molecular weight is 379 g/mol. The summed E-state index contributed by atoms with van der Waals surface area (Å²) in [5, 5.41) is 3.22. The van der Waals surface area contributed by atoms with Gasteiger partial charge in [0.2, 0.25) is 0 Å². The number of pyridine rings is 1. The van der Waals surface area contributed by atoms with Gasteiger partial charge in [-0.1, -0.05) is 12.1 Å². The molecule has 2 heterocycles. The van der Waals surface area contributed by atoms with Crippen molar-refractivity contribution in [2.75, 3.05) is 18.5 Å². The van der Waals surface area contributed by atoms with Crippen molar-refractivity contribution in [3.05, 3.63) is 65.6 Å². The number of hydrogen-bond donors (Lipinski definition) is 1. The quantitative estimate of drug-likeness (QED) is 0.743. The van der Waals surface area contributed by atoms with Crippen LogP contribution in [0.2, 0.25) is 0 Å². The highest BCUT2D eigenvalue weighted by Crippen LogP contribution is 2.34. The molecule has 2 amide bonds. The summed E-state index contributed by atoms with van der Waals surface area (Å²) in [5.74, 6) is -0.518. The first kappa shape index (κ1) is 17.9. The lowest BCUT2D eigenvalue weighted by atomic mass is 10.1. The minimum absolute atomic E-state index is 0.0798. The van der Waals surface area contributed by atoms with E-state index in [4.69, 9.17) is 4.74 Å². The molecular formula is C21H18FN3O3. The summed E-state index contributed by atoms with van der Waals surface area (Å²) in [7, 11) is 1.52. The number of carbonyl (C=O) groups excluding carboxylic acids is 2. The molecule has 0 aliphatic carbocycles. The molecule has 1 N–H and O–H groups in total. The number of aryl methyl sites for hydroxylation is 1. The Bertz CT molecular complexity index is 1100. The second-order valence-corrected chi connectivity index (χ2v) is 6.56. The van der Waals surface area contributed by atoms with Crippen molar-refractivity contribution in [3.8, 4) is 5.75 Å². The maximum absolute atomic E-state index is 13.5. The van der Waals surface area contributed by atoms with Gasteiger partial charge in [0, 0.05) is 18.5 Å². The van der Waals surface area contributed by atoms with E-state index < -0.39 is 6.10 Å². The lowest BCUT2D eigenvalue weighted by Crippen LogP contribution is -2.50. The van der Waals surface area contributed by atoms with Gasteiger partial charge in [0.15, 0.2) is 6.10 Å². The Balaban J connectivity index is 1.78. The molecule has 1 aromatic heterocycles. The van der Waals surface area contributed by atoms with Gasteiger partial charge in [0.1, 0.15) is 11.6 Å². The molecule has 1 atom stereocenters. The van der Waals surface area contributed by atoms with Crippen LogP contribution in [0.4, 0.5) is 10.1 Å². The number of halogens is 1. The van der Waals surface area contributed by atoms with Gasteiger partial charge in [0.25, 0.3) is 11.8 Å². The molecule has 0 saturated heterocycles. The average Bonchev–Trinajstić information content (AvgIpc) is 2.71. The van der Waals surface area contributed by atoms with Crippen molar-refractivity contribution in [1.29, 1.82) is 0 Å². The first-order chi connectivity index (χ1) is 13.5. The van der Waals surface area contributed by atoms with Crippen LogP contribution in [0.15, 0.2) is 48.5 Å². The van der Waals surface area contributed by atoms with E-state index >= 15 is 0 Å². The maximum Gasteiger partial charge on any atom is 0.262 e. The lowest BCUT2D eigenvalue weighted by Gasteiger charge is -2.34. The maximum atomic E-state index is 13.5. The highest BCUT2D eigenvalue weighted by Gasteiger charge is 2.34.